The first-order valence-corrected chi connectivity index (χ1v) is 6.91. The topological polar surface area (TPSA) is 52.3 Å². The molecule has 0 aromatic heterocycles. The fraction of sp³-hybridized carbons (Fsp3) is 0.278. The summed E-state index contributed by atoms with van der Waals surface area (Å²) in [5, 5.41) is 0. The highest BCUT2D eigenvalue weighted by Gasteiger charge is 2.16. The fourth-order valence-electron chi connectivity index (χ4n) is 2.67. The molecule has 0 aliphatic carbocycles. The molecule has 0 aliphatic heterocycles. The Morgan fingerprint density at radius 1 is 0.905 bits per heavy atom. The van der Waals surface area contributed by atoms with Gasteiger partial charge in [0, 0.05) is 16.8 Å². The largest absolute Gasteiger partial charge is 0.496 e. The van der Waals surface area contributed by atoms with Crippen LogP contribution in [0.4, 0.5) is 5.69 Å². The number of carbonyl (C=O) groups is 1. The lowest BCUT2D eigenvalue weighted by Gasteiger charge is -2.13. The molecule has 3 nitrogen and oxygen atoms in total. The third-order valence-electron chi connectivity index (χ3n) is 3.78. The first kappa shape index (κ1) is 15.1. The molecular formula is C18H21NO2. The minimum absolute atomic E-state index is 0.00643. The summed E-state index contributed by atoms with van der Waals surface area (Å²) in [4.78, 5) is 12.7. The Kier molecular flexibility index (Phi) is 4.03. The normalized spacial score (nSPS) is 10.5. The Hall–Kier alpha value is -2.29. The van der Waals surface area contributed by atoms with Crippen molar-refractivity contribution in [1.82, 2.24) is 0 Å². The van der Waals surface area contributed by atoms with Gasteiger partial charge in [0.1, 0.15) is 5.75 Å². The first-order valence-electron chi connectivity index (χ1n) is 6.91. The smallest absolute Gasteiger partial charge is 0.193 e. The lowest BCUT2D eigenvalue weighted by Crippen LogP contribution is -2.07. The predicted molar refractivity (Wildman–Crippen MR) is 86.2 cm³/mol. The minimum Gasteiger partial charge on any atom is -0.496 e. The molecule has 0 bridgehead atoms. The van der Waals surface area contributed by atoms with Gasteiger partial charge in [-0.2, -0.15) is 0 Å². The molecular weight excluding hydrogens is 262 g/mol. The molecule has 3 heteroatoms. The summed E-state index contributed by atoms with van der Waals surface area (Å²) in [6.07, 6.45) is 0. The van der Waals surface area contributed by atoms with E-state index in [9.17, 15) is 4.79 Å². The molecule has 0 fully saturated rings. The van der Waals surface area contributed by atoms with Crippen molar-refractivity contribution in [1.29, 1.82) is 0 Å². The molecule has 0 radical (unpaired) electrons. The van der Waals surface area contributed by atoms with E-state index in [2.05, 4.69) is 0 Å². The van der Waals surface area contributed by atoms with E-state index in [-0.39, 0.29) is 5.78 Å². The van der Waals surface area contributed by atoms with E-state index in [1.54, 1.807) is 13.2 Å². The van der Waals surface area contributed by atoms with E-state index >= 15 is 0 Å². The van der Waals surface area contributed by atoms with Crippen LogP contribution < -0.4 is 10.5 Å². The number of hydrogen-bond acceptors (Lipinski definition) is 3. The van der Waals surface area contributed by atoms with Gasteiger partial charge in [-0.25, -0.2) is 0 Å². The highest BCUT2D eigenvalue weighted by Crippen LogP contribution is 2.27. The van der Waals surface area contributed by atoms with Crippen molar-refractivity contribution < 1.29 is 9.53 Å². The second-order valence-corrected chi connectivity index (χ2v) is 5.50. The Balaban J connectivity index is 2.53. The number of carbonyl (C=O) groups excluding carboxylic acids is 1. The highest BCUT2D eigenvalue weighted by atomic mass is 16.5. The number of nitrogen functional groups attached to an aromatic ring is 1. The van der Waals surface area contributed by atoms with Crippen molar-refractivity contribution in [2.24, 2.45) is 0 Å². The molecule has 2 rings (SSSR count). The maximum absolute atomic E-state index is 12.7. The van der Waals surface area contributed by atoms with Crippen LogP contribution in [0.1, 0.15) is 38.2 Å². The summed E-state index contributed by atoms with van der Waals surface area (Å²) in [5.41, 5.74) is 11.7. The second kappa shape index (κ2) is 5.60. The van der Waals surface area contributed by atoms with Crippen LogP contribution in [-0.4, -0.2) is 12.9 Å². The van der Waals surface area contributed by atoms with E-state index in [0.29, 0.717) is 16.8 Å². The van der Waals surface area contributed by atoms with Crippen LogP contribution in [0.2, 0.25) is 0 Å². The summed E-state index contributed by atoms with van der Waals surface area (Å²) in [7, 11) is 1.64. The van der Waals surface area contributed by atoms with Crippen LogP contribution in [0, 0.1) is 27.7 Å². The monoisotopic (exact) mass is 283 g/mol. The predicted octanol–water partition coefficient (Wildman–Crippen LogP) is 3.74. The lowest BCUT2D eigenvalue weighted by molar-refractivity contribution is 0.103. The number of benzene rings is 2. The number of ether oxygens (including phenoxy) is 1. The van der Waals surface area contributed by atoms with E-state index in [1.165, 1.54) is 0 Å². The Bertz CT molecular complexity index is 694. The molecule has 0 saturated heterocycles. The number of anilines is 1. The minimum atomic E-state index is -0.00643. The zero-order chi connectivity index (χ0) is 15.7. The average Bonchev–Trinajstić information content (AvgIpc) is 2.41. The van der Waals surface area contributed by atoms with Crippen molar-refractivity contribution >= 4 is 11.5 Å². The standard InChI is InChI=1S/C18H21NO2/c1-10-6-11(2)16(19)9-15(10)17(20)14-7-12(3)18(21-5)13(4)8-14/h6-9H,19H2,1-5H3. The van der Waals surface area contributed by atoms with Crippen LogP contribution in [0.25, 0.3) is 0 Å². The van der Waals surface area contributed by atoms with Gasteiger partial charge < -0.3 is 10.5 Å². The van der Waals surface area contributed by atoms with E-state index in [4.69, 9.17) is 10.5 Å². The number of hydrogen-bond donors (Lipinski definition) is 1. The van der Waals surface area contributed by atoms with Crippen LogP contribution in [0.15, 0.2) is 24.3 Å². The first-order chi connectivity index (χ1) is 9.85. The van der Waals surface area contributed by atoms with Gasteiger partial charge >= 0.3 is 0 Å². The third-order valence-corrected chi connectivity index (χ3v) is 3.78. The summed E-state index contributed by atoms with van der Waals surface area (Å²) in [6, 6.07) is 7.45. The molecule has 0 spiro atoms. The maximum Gasteiger partial charge on any atom is 0.193 e. The summed E-state index contributed by atoms with van der Waals surface area (Å²) in [5.74, 6) is 0.819. The molecule has 0 saturated carbocycles. The van der Waals surface area contributed by atoms with Gasteiger partial charge in [0.25, 0.3) is 0 Å². The van der Waals surface area contributed by atoms with Gasteiger partial charge in [-0.05, 0) is 68.1 Å². The van der Waals surface area contributed by atoms with Crippen LogP contribution in [-0.2, 0) is 0 Å². The number of methoxy groups -OCH3 is 1. The summed E-state index contributed by atoms with van der Waals surface area (Å²) >= 11 is 0. The van der Waals surface area contributed by atoms with Crippen molar-refractivity contribution in [3.8, 4) is 5.75 Å². The van der Waals surface area contributed by atoms with E-state index in [1.807, 2.05) is 45.9 Å². The molecule has 2 aromatic carbocycles. The summed E-state index contributed by atoms with van der Waals surface area (Å²) in [6.45, 7) is 7.76. The molecule has 0 amide bonds. The molecule has 0 heterocycles. The van der Waals surface area contributed by atoms with Gasteiger partial charge in [0.2, 0.25) is 0 Å². The Morgan fingerprint density at radius 2 is 1.48 bits per heavy atom. The number of rotatable bonds is 3. The van der Waals surface area contributed by atoms with Crippen LogP contribution in [0.3, 0.4) is 0 Å². The number of ketones is 1. The fourth-order valence-corrected chi connectivity index (χ4v) is 2.67. The zero-order valence-corrected chi connectivity index (χ0v) is 13.2. The van der Waals surface area contributed by atoms with Gasteiger partial charge in [-0.1, -0.05) is 6.07 Å². The zero-order valence-electron chi connectivity index (χ0n) is 13.2. The summed E-state index contributed by atoms with van der Waals surface area (Å²) < 4.78 is 5.34. The molecule has 2 N–H and O–H groups in total. The van der Waals surface area contributed by atoms with Crippen molar-refractivity contribution in [2.75, 3.05) is 12.8 Å². The number of nitrogens with two attached hydrogens (primary N) is 1. The van der Waals surface area contributed by atoms with Gasteiger partial charge in [-0.3, -0.25) is 4.79 Å². The Morgan fingerprint density at radius 3 is 2.00 bits per heavy atom. The second-order valence-electron chi connectivity index (χ2n) is 5.50. The molecule has 110 valence electrons. The molecule has 21 heavy (non-hydrogen) atoms. The third kappa shape index (κ3) is 2.77. The van der Waals surface area contributed by atoms with Crippen LogP contribution in [0.5, 0.6) is 5.75 Å². The molecule has 2 aromatic rings. The highest BCUT2D eigenvalue weighted by molar-refractivity contribution is 6.10. The van der Waals surface area contributed by atoms with E-state index < -0.39 is 0 Å². The van der Waals surface area contributed by atoms with Crippen LogP contribution >= 0.6 is 0 Å². The maximum atomic E-state index is 12.7. The average molecular weight is 283 g/mol. The lowest BCUT2D eigenvalue weighted by atomic mass is 9.94. The molecule has 0 atom stereocenters. The van der Waals surface area contributed by atoms with Gasteiger partial charge in [0.15, 0.2) is 5.78 Å². The van der Waals surface area contributed by atoms with Gasteiger partial charge in [0.05, 0.1) is 7.11 Å². The molecule has 0 unspecified atom stereocenters. The van der Waals surface area contributed by atoms with Crippen molar-refractivity contribution in [3.05, 3.63) is 57.6 Å². The molecule has 0 aliphatic rings. The van der Waals surface area contributed by atoms with Gasteiger partial charge in [-0.15, -0.1) is 0 Å². The van der Waals surface area contributed by atoms with E-state index in [0.717, 1.165) is 28.0 Å². The van der Waals surface area contributed by atoms with Crippen molar-refractivity contribution in [3.63, 3.8) is 0 Å². The Labute approximate surface area is 125 Å². The quantitative estimate of drug-likeness (QED) is 0.689. The number of aryl methyl sites for hydroxylation is 4. The van der Waals surface area contributed by atoms with Crippen molar-refractivity contribution in [2.45, 2.75) is 27.7 Å². The SMILES string of the molecule is COc1c(C)cc(C(=O)c2cc(N)c(C)cc2C)cc1C.